The van der Waals surface area contributed by atoms with E-state index in [1.165, 1.54) is 11.7 Å². The molecule has 0 atom stereocenters. The number of carboxylic acid groups (broad SMARTS) is 1. The number of hydrogen-bond donors (Lipinski definition) is 1. The number of rotatable bonds is 3. The van der Waals surface area contributed by atoms with Crippen molar-refractivity contribution < 1.29 is 14.7 Å². The molecule has 1 aromatic heterocycles. The lowest BCUT2D eigenvalue weighted by atomic mass is 9.72. The second-order valence-corrected chi connectivity index (χ2v) is 7.06. The van der Waals surface area contributed by atoms with Gasteiger partial charge in [0.15, 0.2) is 0 Å². The van der Waals surface area contributed by atoms with Crippen LogP contribution in [0.15, 0.2) is 35.1 Å². The van der Waals surface area contributed by atoms with E-state index in [2.05, 4.69) is 5.10 Å². The van der Waals surface area contributed by atoms with Crippen molar-refractivity contribution in [2.45, 2.75) is 32.1 Å². The Morgan fingerprint density at radius 2 is 1.70 bits per heavy atom. The smallest absolute Gasteiger partial charge is 0.314 e. The lowest BCUT2D eigenvalue weighted by Gasteiger charge is -2.39. The van der Waals surface area contributed by atoms with Crippen LogP contribution in [0.4, 0.5) is 0 Å². The first kappa shape index (κ1) is 18.8. The topological polar surface area (TPSA) is 92.5 Å². The van der Waals surface area contributed by atoms with E-state index in [-0.39, 0.29) is 24.6 Å². The number of aromatic nitrogens is 2. The zero-order chi connectivity index (χ0) is 19.8. The zero-order valence-corrected chi connectivity index (χ0v) is 15.7. The van der Waals surface area contributed by atoms with Gasteiger partial charge in [0, 0.05) is 20.1 Å². The van der Waals surface area contributed by atoms with Gasteiger partial charge in [0.1, 0.15) is 5.56 Å². The molecule has 1 saturated heterocycles. The summed E-state index contributed by atoms with van der Waals surface area (Å²) in [5.41, 5.74) is 0.625. The number of carbonyl (C=O) groups is 2. The third kappa shape index (κ3) is 3.13. The summed E-state index contributed by atoms with van der Waals surface area (Å²) in [7, 11) is 1.52. The van der Waals surface area contributed by atoms with Gasteiger partial charge in [-0.2, -0.15) is 5.10 Å². The van der Waals surface area contributed by atoms with Crippen LogP contribution in [0.3, 0.4) is 0 Å². The van der Waals surface area contributed by atoms with Crippen LogP contribution in [0, 0.1) is 13.8 Å². The summed E-state index contributed by atoms with van der Waals surface area (Å²) < 4.78 is 1.17. The molecule has 1 fully saturated rings. The SMILES string of the molecule is Cc1nn(C)c(=O)c(C(=O)N2CCC(C(=O)O)(c3ccccc3)CC2)c1C. The summed E-state index contributed by atoms with van der Waals surface area (Å²) in [4.78, 5) is 39.1. The molecule has 3 rings (SSSR count). The van der Waals surface area contributed by atoms with E-state index in [0.29, 0.717) is 24.1 Å². The fourth-order valence-electron chi connectivity index (χ4n) is 3.73. The number of aryl methyl sites for hydroxylation is 2. The Balaban J connectivity index is 1.89. The van der Waals surface area contributed by atoms with E-state index in [9.17, 15) is 19.5 Å². The van der Waals surface area contributed by atoms with Gasteiger partial charge < -0.3 is 10.0 Å². The van der Waals surface area contributed by atoms with Crippen LogP contribution in [0.5, 0.6) is 0 Å². The molecule has 0 radical (unpaired) electrons. The number of carbonyl (C=O) groups excluding carboxylic acids is 1. The molecular weight excluding hydrogens is 346 g/mol. The molecule has 0 saturated carbocycles. The fraction of sp³-hybridized carbons (Fsp3) is 0.400. The van der Waals surface area contributed by atoms with E-state index in [4.69, 9.17) is 0 Å². The third-order valence-electron chi connectivity index (χ3n) is 5.58. The molecule has 7 nitrogen and oxygen atoms in total. The summed E-state index contributed by atoms with van der Waals surface area (Å²) >= 11 is 0. The lowest BCUT2D eigenvalue weighted by molar-refractivity contribution is -0.145. The minimum absolute atomic E-state index is 0.118. The van der Waals surface area contributed by atoms with E-state index in [1.54, 1.807) is 18.7 Å². The first-order valence-electron chi connectivity index (χ1n) is 8.90. The van der Waals surface area contributed by atoms with Gasteiger partial charge in [-0.25, -0.2) is 4.68 Å². The minimum Gasteiger partial charge on any atom is -0.481 e. The Bertz CT molecular complexity index is 942. The monoisotopic (exact) mass is 369 g/mol. The average molecular weight is 369 g/mol. The number of carboxylic acids is 1. The Morgan fingerprint density at radius 3 is 2.26 bits per heavy atom. The molecule has 142 valence electrons. The van der Waals surface area contributed by atoms with Gasteiger partial charge in [0.25, 0.3) is 11.5 Å². The van der Waals surface area contributed by atoms with Crippen LogP contribution >= 0.6 is 0 Å². The molecule has 2 aromatic rings. The molecule has 1 N–H and O–H groups in total. The lowest BCUT2D eigenvalue weighted by Crippen LogP contribution is -2.50. The molecule has 0 unspecified atom stereocenters. The highest BCUT2D eigenvalue weighted by Crippen LogP contribution is 2.36. The molecule has 1 aliphatic rings. The molecule has 0 spiro atoms. The Morgan fingerprint density at radius 1 is 1.11 bits per heavy atom. The standard InChI is InChI=1S/C20H23N3O4/c1-13-14(2)21-22(3)17(24)16(13)18(25)23-11-9-20(10-12-23,19(26)27)15-7-5-4-6-8-15/h4-8H,9-12H2,1-3H3,(H,26,27). The predicted octanol–water partition coefficient (Wildman–Crippen LogP) is 1.66. The number of likely N-dealkylation sites (tertiary alicyclic amines) is 1. The van der Waals surface area contributed by atoms with Crippen molar-refractivity contribution in [3.8, 4) is 0 Å². The summed E-state index contributed by atoms with van der Waals surface area (Å²) in [6.07, 6.45) is 0.614. The van der Waals surface area contributed by atoms with Crippen LogP contribution in [-0.4, -0.2) is 44.8 Å². The molecule has 1 aromatic carbocycles. The molecule has 1 amide bonds. The zero-order valence-electron chi connectivity index (χ0n) is 15.7. The Kier molecular flexibility index (Phi) is 4.87. The highest BCUT2D eigenvalue weighted by atomic mass is 16.4. The number of amides is 1. The van der Waals surface area contributed by atoms with E-state index in [0.717, 1.165) is 5.56 Å². The van der Waals surface area contributed by atoms with E-state index < -0.39 is 16.9 Å². The van der Waals surface area contributed by atoms with Crippen molar-refractivity contribution in [1.29, 1.82) is 0 Å². The normalized spacial score (nSPS) is 16.2. The largest absolute Gasteiger partial charge is 0.481 e. The van der Waals surface area contributed by atoms with Crippen LogP contribution in [0.25, 0.3) is 0 Å². The van der Waals surface area contributed by atoms with Crippen LogP contribution in [0.2, 0.25) is 0 Å². The maximum absolute atomic E-state index is 13.0. The van der Waals surface area contributed by atoms with Crippen molar-refractivity contribution in [2.75, 3.05) is 13.1 Å². The van der Waals surface area contributed by atoms with Crippen molar-refractivity contribution in [1.82, 2.24) is 14.7 Å². The quantitative estimate of drug-likeness (QED) is 0.888. The summed E-state index contributed by atoms with van der Waals surface area (Å²) in [5.74, 6) is -1.24. The number of benzene rings is 1. The molecule has 1 aliphatic heterocycles. The van der Waals surface area contributed by atoms with E-state index >= 15 is 0 Å². The predicted molar refractivity (Wildman–Crippen MR) is 99.8 cm³/mol. The van der Waals surface area contributed by atoms with Crippen molar-refractivity contribution in [3.05, 3.63) is 63.1 Å². The first-order valence-corrected chi connectivity index (χ1v) is 8.90. The van der Waals surface area contributed by atoms with Gasteiger partial charge in [-0.1, -0.05) is 30.3 Å². The van der Waals surface area contributed by atoms with Crippen LogP contribution in [0.1, 0.15) is 40.0 Å². The number of hydrogen-bond acceptors (Lipinski definition) is 4. The van der Waals surface area contributed by atoms with Gasteiger partial charge in [-0.05, 0) is 37.8 Å². The van der Waals surface area contributed by atoms with Crippen molar-refractivity contribution in [2.24, 2.45) is 7.05 Å². The molecule has 0 aliphatic carbocycles. The van der Waals surface area contributed by atoms with Gasteiger partial charge in [-0.3, -0.25) is 14.4 Å². The highest BCUT2D eigenvalue weighted by Gasteiger charge is 2.44. The summed E-state index contributed by atoms with van der Waals surface area (Å²) in [5, 5.41) is 14.0. The second-order valence-electron chi connectivity index (χ2n) is 7.06. The summed E-state index contributed by atoms with van der Waals surface area (Å²) in [6, 6.07) is 9.13. The molecule has 2 heterocycles. The molecular formula is C20H23N3O4. The number of nitrogens with zero attached hydrogens (tertiary/aromatic N) is 3. The fourth-order valence-corrected chi connectivity index (χ4v) is 3.73. The molecule has 27 heavy (non-hydrogen) atoms. The number of piperidine rings is 1. The van der Waals surface area contributed by atoms with Crippen LogP contribution < -0.4 is 5.56 Å². The van der Waals surface area contributed by atoms with Gasteiger partial charge >= 0.3 is 5.97 Å². The maximum atomic E-state index is 13.0. The van der Waals surface area contributed by atoms with Gasteiger partial charge in [-0.15, -0.1) is 0 Å². The van der Waals surface area contributed by atoms with E-state index in [1.807, 2.05) is 30.3 Å². The van der Waals surface area contributed by atoms with Gasteiger partial charge in [0.05, 0.1) is 11.1 Å². The first-order chi connectivity index (χ1) is 12.8. The van der Waals surface area contributed by atoms with Crippen LogP contribution in [-0.2, 0) is 17.3 Å². The molecule has 0 bridgehead atoms. The van der Waals surface area contributed by atoms with Crippen molar-refractivity contribution in [3.63, 3.8) is 0 Å². The van der Waals surface area contributed by atoms with Crippen molar-refractivity contribution >= 4 is 11.9 Å². The Labute approximate surface area is 157 Å². The minimum atomic E-state index is -1.01. The number of aliphatic carboxylic acids is 1. The molecule has 7 heteroatoms. The summed E-state index contributed by atoms with van der Waals surface area (Å²) in [6.45, 7) is 4.03. The second kappa shape index (κ2) is 6.98. The third-order valence-corrected chi connectivity index (χ3v) is 5.58. The Hall–Kier alpha value is -2.96. The average Bonchev–Trinajstić information content (AvgIpc) is 2.67. The maximum Gasteiger partial charge on any atom is 0.314 e. The van der Waals surface area contributed by atoms with Gasteiger partial charge in [0.2, 0.25) is 0 Å². The highest BCUT2D eigenvalue weighted by molar-refractivity contribution is 5.95.